The van der Waals surface area contributed by atoms with Gasteiger partial charge in [0.05, 0.1) is 16.3 Å². The minimum Gasteiger partial charge on any atom is -0.480 e. The predicted molar refractivity (Wildman–Crippen MR) is 325 cm³/mol. The van der Waals surface area contributed by atoms with Crippen LogP contribution < -0.4 is 54.8 Å². The van der Waals surface area contributed by atoms with Crippen LogP contribution in [0.5, 0.6) is 0 Å². The molecule has 1 heterocycles. The van der Waals surface area contributed by atoms with E-state index < -0.39 is 76.5 Å². The van der Waals surface area contributed by atoms with Gasteiger partial charge >= 0.3 is 11.7 Å². The fourth-order valence-corrected chi connectivity index (χ4v) is 9.11. The van der Waals surface area contributed by atoms with Crippen molar-refractivity contribution < 1.29 is 52.6 Å². The number of non-ortho nitro benzene ring substituents is 1. The van der Waals surface area contributed by atoms with E-state index >= 15 is 4.79 Å². The van der Waals surface area contributed by atoms with Crippen LogP contribution in [-0.2, 0) is 48.0 Å². The van der Waals surface area contributed by atoms with Crippen LogP contribution in [0.25, 0.3) is 17.1 Å². The average Bonchev–Trinajstić information content (AvgIpc) is 2.67. The first-order valence-corrected chi connectivity index (χ1v) is 27.6. The number of anilines is 1. The number of nitro benzene ring substituents is 1. The fraction of sp³-hybridized carbons (Fsp3) is 0.230. The molecule has 15 N–H and O–H groups in total. The highest BCUT2D eigenvalue weighted by atomic mass is 19.1. The zero-order valence-corrected chi connectivity index (χ0v) is 47.2. The van der Waals surface area contributed by atoms with E-state index in [0.717, 1.165) is 0 Å². The van der Waals surface area contributed by atoms with Gasteiger partial charge in [-0.25, -0.2) is 18.8 Å². The Hall–Kier alpha value is -11.4. The molecule has 7 aromatic rings. The van der Waals surface area contributed by atoms with Gasteiger partial charge in [-0.05, 0) is 94.7 Å². The van der Waals surface area contributed by atoms with Gasteiger partial charge in [-0.15, -0.1) is 0 Å². The molecule has 0 fully saturated rings. The normalized spacial score (nSPS) is 12.7. The Morgan fingerprint density at radius 3 is 1.66 bits per heavy atom. The van der Waals surface area contributed by atoms with E-state index in [4.69, 9.17) is 27.6 Å². The quantitative estimate of drug-likeness (QED) is 0.00562. The Bertz CT molecular complexity index is 3670. The van der Waals surface area contributed by atoms with Crippen molar-refractivity contribution in [2.75, 3.05) is 18.4 Å². The highest BCUT2D eigenvalue weighted by molar-refractivity contribution is 6.09. The third-order valence-electron chi connectivity index (χ3n) is 13.6. The second-order valence-electron chi connectivity index (χ2n) is 20.1. The van der Waals surface area contributed by atoms with Gasteiger partial charge in [-0.3, -0.25) is 43.9 Å². The number of aromatic nitrogens is 2. The molecule has 0 unspecified atom stereocenters. The van der Waals surface area contributed by atoms with Crippen molar-refractivity contribution in [3.8, 4) is 0 Å². The molecule has 0 bridgehead atoms. The number of carbonyl (C=O) groups is 7. The maximum atomic E-state index is 15.1. The molecule has 0 aliphatic heterocycles. The monoisotopic (exact) mass is 1200 g/mol. The lowest BCUT2D eigenvalue weighted by Crippen LogP contribution is -2.59. The molecule has 26 nitrogen and oxygen atoms in total. The number of ketones is 1. The second kappa shape index (κ2) is 31.5. The Kier molecular flexibility index (Phi) is 23.0. The van der Waals surface area contributed by atoms with Gasteiger partial charge < -0.3 is 59.9 Å². The summed E-state index contributed by atoms with van der Waals surface area (Å²) in [4.78, 5) is 117. The Morgan fingerprint density at radius 2 is 1.09 bits per heavy atom. The van der Waals surface area contributed by atoms with Crippen LogP contribution in [0.3, 0.4) is 0 Å². The van der Waals surface area contributed by atoms with Crippen molar-refractivity contribution in [3.05, 3.63) is 201 Å². The maximum Gasteiger partial charge on any atom is 0.326 e. The van der Waals surface area contributed by atoms with Crippen molar-refractivity contribution in [2.45, 2.75) is 75.2 Å². The van der Waals surface area contributed by atoms with Crippen molar-refractivity contribution in [3.63, 3.8) is 0 Å². The molecule has 0 aliphatic rings. The van der Waals surface area contributed by atoms with Crippen molar-refractivity contribution in [1.82, 2.24) is 36.9 Å². The van der Waals surface area contributed by atoms with Crippen LogP contribution in [-0.4, -0.2) is 117 Å². The molecule has 0 saturated heterocycles. The minimum absolute atomic E-state index is 0.0125. The lowest BCUT2D eigenvalue weighted by molar-refractivity contribution is -0.383. The SMILES string of the molecule is NC(N)=NCCC[C@H](NC(=O)[C@H](Cc1ccc(C(=O)c2ccccc2)cc1)NC(=O)[C@H](Cc1ccc(N=C(N)N)cc1)NC(=O)[C@H](Cc1ccc(F)cc1)NC(=O)/C=C/c1ccccc1)C(=O)N[C@@H](CCCNc1ccc([N+](=O)[O-])c2nonc12)C(=O)O. The third kappa shape index (κ3) is 19.3. The number of carboxylic acid groups (broad SMARTS) is 1. The number of amides is 5. The van der Waals surface area contributed by atoms with E-state index in [0.29, 0.717) is 44.8 Å². The van der Waals surface area contributed by atoms with Crippen molar-refractivity contribution >= 4 is 87.4 Å². The van der Waals surface area contributed by atoms with E-state index in [1.807, 2.05) is 0 Å². The molecular weight excluding hydrogens is 1140 g/mol. The summed E-state index contributed by atoms with van der Waals surface area (Å²) in [7, 11) is 0. The number of benzene rings is 6. The number of aliphatic imine (C=N–C) groups is 2. The van der Waals surface area contributed by atoms with E-state index in [9.17, 15) is 48.4 Å². The zero-order chi connectivity index (χ0) is 63.1. The van der Waals surface area contributed by atoms with Gasteiger partial charge in [0.1, 0.15) is 36.0 Å². The van der Waals surface area contributed by atoms with Crippen LogP contribution in [0.2, 0.25) is 0 Å². The highest BCUT2D eigenvalue weighted by Crippen LogP contribution is 2.29. The summed E-state index contributed by atoms with van der Waals surface area (Å²) in [6.07, 6.45) is 1.99. The molecular formula is C61H64FN15O11. The van der Waals surface area contributed by atoms with Gasteiger partial charge in [0.25, 0.3) is 0 Å². The Morgan fingerprint density at radius 1 is 0.591 bits per heavy atom. The number of nitrogens with two attached hydrogens (primary N) is 4. The first-order valence-electron chi connectivity index (χ1n) is 27.6. The molecule has 7 rings (SSSR count). The number of nitrogens with zero attached hydrogens (tertiary/aromatic N) is 5. The molecule has 5 amide bonds. The summed E-state index contributed by atoms with van der Waals surface area (Å²) < 4.78 is 18.8. The minimum atomic E-state index is -1.56. The number of carbonyl (C=O) groups excluding carboxylic acids is 6. The summed E-state index contributed by atoms with van der Waals surface area (Å²) in [5.41, 5.74) is 25.4. The zero-order valence-electron chi connectivity index (χ0n) is 47.2. The Balaban J connectivity index is 1.17. The van der Waals surface area contributed by atoms with Gasteiger partial charge in [0.15, 0.2) is 23.2 Å². The molecule has 0 radical (unpaired) electrons. The van der Waals surface area contributed by atoms with Crippen LogP contribution in [0.1, 0.15) is 63.9 Å². The first-order chi connectivity index (χ1) is 42.3. The first kappa shape index (κ1) is 64.2. The number of halogens is 1. The smallest absolute Gasteiger partial charge is 0.326 e. The standard InChI is InChI=1S/C61H64FN15O11/c62-42-24-17-38(18-25-42)33-47(70-51(78)30-21-36-9-3-1-4-10-36)56(81)73-49(35-39-19-26-43(27-20-39)69-61(65)66)58(83)74-48(34-37-15-22-41(23-16-37)54(79)40-11-5-2-6-12-40)57(82)71-45(13-7-32-68-60(63)64)55(80)72-46(59(84)85)14-8-31-67-44-28-29-50(77(86)87)53-52(44)75-88-76-53/h1-6,9-12,15-30,45-49,67H,7-8,13-14,31-35H2,(H,70,78)(H,71,82)(H,72,80)(H,73,81)(H,74,83)(H,84,85)(H4,63,64,68)(H4,65,66,69)/b30-21+/t45-,46-,47-,48-,49-/m0/s1. The van der Waals surface area contributed by atoms with Gasteiger partial charge in [-0.1, -0.05) is 109 Å². The predicted octanol–water partition coefficient (Wildman–Crippen LogP) is 3.60. The van der Waals surface area contributed by atoms with Crippen LogP contribution in [0.4, 0.5) is 21.5 Å². The number of rotatable bonds is 31. The summed E-state index contributed by atoms with van der Waals surface area (Å²) in [5.74, 6) is -7.04. The molecule has 456 valence electrons. The van der Waals surface area contributed by atoms with E-state index in [1.54, 1.807) is 109 Å². The Labute approximate surface area is 502 Å². The number of nitrogens with one attached hydrogen (secondary N) is 6. The van der Waals surface area contributed by atoms with Gasteiger partial charge in [-0.2, -0.15) is 0 Å². The highest BCUT2D eigenvalue weighted by Gasteiger charge is 2.33. The third-order valence-corrected chi connectivity index (χ3v) is 13.6. The van der Waals surface area contributed by atoms with Crippen molar-refractivity contribution in [1.29, 1.82) is 0 Å². The molecule has 6 aromatic carbocycles. The number of carboxylic acids is 1. The fourth-order valence-electron chi connectivity index (χ4n) is 9.11. The summed E-state index contributed by atoms with van der Waals surface area (Å²) in [5, 5.41) is 45.6. The largest absolute Gasteiger partial charge is 0.480 e. The lowest BCUT2D eigenvalue weighted by atomic mass is 9.98. The number of nitro groups is 1. The summed E-state index contributed by atoms with van der Waals surface area (Å²) in [6.45, 7) is 0.0860. The number of aliphatic carboxylic acids is 1. The number of hydrogen-bond acceptors (Lipinski definition) is 15. The molecule has 0 saturated carbocycles. The maximum absolute atomic E-state index is 15.1. The molecule has 88 heavy (non-hydrogen) atoms. The van der Waals surface area contributed by atoms with E-state index in [-0.39, 0.29) is 92.5 Å². The van der Waals surface area contributed by atoms with Crippen LogP contribution in [0, 0.1) is 15.9 Å². The molecule has 0 spiro atoms. The lowest BCUT2D eigenvalue weighted by Gasteiger charge is -2.27. The number of guanidine groups is 2. The number of fused-ring (bicyclic) bond motifs is 1. The van der Waals surface area contributed by atoms with Gasteiger partial charge in [0.2, 0.25) is 35.1 Å². The van der Waals surface area contributed by atoms with Gasteiger partial charge in [0, 0.05) is 55.6 Å². The summed E-state index contributed by atoms with van der Waals surface area (Å²) in [6, 6.07) is 30.4. The molecule has 0 aliphatic carbocycles. The van der Waals surface area contributed by atoms with Crippen LogP contribution >= 0.6 is 0 Å². The number of hydrogen-bond donors (Lipinski definition) is 11. The van der Waals surface area contributed by atoms with Crippen LogP contribution in [0.15, 0.2) is 166 Å². The topological polar surface area (TPSA) is 423 Å². The molecule has 1 aromatic heterocycles. The van der Waals surface area contributed by atoms with E-state index in [1.165, 1.54) is 48.6 Å². The second-order valence-corrected chi connectivity index (χ2v) is 20.1. The summed E-state index contributed by atoms with van der Waals surface area (Å²) >= 11 is 0. The van der Waals surface area contributed by atoms with E-state index in [2.05, 4.69) is 52.2 Å². The molecule has 27 heteroatoms. The average molecular weight is 1200 g/mol. The van der Waals surface area contributed by atoms with Crippen molar-refractivity contribution in [2.24, 2.45) is 32.9 Å². The molecule has 5 atom stereocenters.